The highest BCUT2D eigenvalue weighted by atomic mass is 16.5. The summed E-state index contributed by atoms with van der Waals surface area (Å²) in [7, 11) is 0. The van der Waals surface area contributed by atoms with Gasteiger partial charge in [-0.2, -0.15) is 4.98 Å². The van der Waals surface area contributed by atoms with Crippen molar-refractivity contribution in [2.75, 3.05) is 6.54 Å². The first kappa shape index (κ1) is 9.53. The SMILES string of the molecule is c1c[nH]c(-c2noc([C@H]3CCCCN3)n2)n1. The Balaban J connectivity index is 1.82. The Morgan fingerprint density at radius 1 is 1.38 bits per heavy atom. The molecule has 0 saturated carbocycles. The van der Waals surface area contributed by atoms with Gasteiger partial charge in [0.05, 0.1) is 6.04 Å². The molecule has 0 aromatic carbocycles. The van der Waals surface area contributed by atoms with Crippen LogP contribution in [0, 0.1) is 0 Å². The van der Waals surface area contributed by atoms with Crippen molar-refractivity contribution in [2.24, 2.45) is 0 Å². The van der Waals surface area contributed by atoms with E-state index in [-0.39, 0.29) is 6.04 Å². The van der Waals surface area contributed by atoms with Crippen molar-refractivity contribution in [3.05, 3.63) is 18.3 Å². The van der Waals surface area contributed by atoms with E-state index in [1.54, 1.807) is 12.4 Å². The highest BCUT2D eigenvalue weighted by Gasteiger charge is 2.21. The number of rotatable bonds is 2. The quantitative estimate of drug-likeness (QED) is 0.795. The van der Waals surface area contributed by atoms with Crippen LogP contribution in [-0.2, 0) is 0 Å². The number of hydrogen-bond donors (Lipinski definition) is 2. The molecule has 3 heterocycles. The summed E-state index contributed by atoms with van der Waals surface area (Å²) in [5.41, 5.74) is 0. The van der Waals surface area contributed by atoms with Gasteiger partial charge in [0.2, 0.25) is 11.7 Å². The van der Waals surface area contributed by atoms with Gasteiger partial charge in [-0.1, -0.05) is 11.6 Å². The van der Waals surface area contributed by atoms with E-state index in [1.165, 1.54) is 12.8 Å². The molecule has 84 valence electrons. The summed E-state index contributed by atoms with van der Waals surface area (Å²) < 4.78 is 5.24. The molecule has 6 nitrogen and oxygen atoms in total. The van der Waals surface area contributed by atoms with Gasteiger partial charge in [-0.3, -0.25) is 0 Å². The molecule has 1 saturated heterocycles. The molecule has 2 N–H and O–H groups in total. The highest BCUT2D eigenvalue weighted by Crippen LogP contribution is 2.22. The molecule has 16 heavy (non-hydrogen) atoms. The van der Waals surface area contributed by atoms with Gasteiger partial charge in [-0.25, -0.2) is 4.98 Å². The molecule has 0 aliphatic carbocycles. The maximum absolute atomic E-state index is 5.24. The van der Waals surface area contributed by atoms with Gasteiger partial charge in [-0.05, 0) is 19.4 Å². The molecule has 6 heteroatoms. The lowest BCUT2D eigenvalue weighted by Gasteiger charge is -2.19. The fourth-order valence-corrected chi connectivity index (χ4v) is 1.92. The molecule has 1 aliphatic heterocycles. The summed E-state index contributed by atoms with van der Waals surface area (Å²) in [4.78, 5) is 11.4. The number of aromatic nitrogens is 4. The predicted molar refractivity (Wildman–Crippen MR) is 56.5 cm³/mol. The topological polar surface area (TPSA) is 79.6 Å². The van der Waals surface area contributed by atoms with Crippen molar-refractivity contribution < 1.29 is 4.52 Å². The number of imidazole rings is 1. The van der Waals surface area contributed by atoms with Crippen molar-refractivity contribution >= 4 is 0 Å². The first-order valence-electron chi connectivity index (χ1n) is 5.50. The monoisotopic (exact) mass is 219 g/mol. The Kier molecular flexibility index (Phi) is 2.41. The van der Waals surface area contributed by atoms with Crippen LogP contribution in [0.2, 0.25) is 0 Å². The van der Waals surface area contributed by atoms with Gasteiger partial charge < -0.3 is 14.8 Å². The molecule has 2 aromatic heterocycles. The fraction of sp³-hybridized carbons (Fsp3) is 0.500. The van der Waals surface area contributed by atoms with Crippen LogP contribution in [0.3, 0.4) is 0 Å². The van der Waals surface area contributed by atoms with Gasteiger partial charge in [0, 0.05) is 12.4 Å². The average molecular weight is 219 g/mol. The van der Waals surface area contributed by atoms with Crippen molar-refractivity contribution in [2.45, 2.75) is 25.3 Å². The first-order chi connectivity index (χ1) is 7.93. The standard InChI is InChI=1S/C10H13N5O/c1-2-4-11-7(3-1)10-14-9(15-16-10)8-12-5-6-13-8/h5-7,11H,1-4H2,(H,12,13)/t7-/m1/s1. The van der Waals surface area contributed by atoms with Gasteiger partial charge >= 0.3 is 0 Å². The molecule has 1 aliphatic rings. The molecular weight excluding hydrogens is 206 g/mol. The third-order valence-electron chi connectivity index (χ3n) is 2.76. The van der Waals surface area contributed by atoms with E-state index in [9.17, 15) is 0 Å². The van der Waals surface area contributed by atoms with Crippen LogP contribution in [-0.4, -0.2) is 26.7 Å². The highest BCUT2D eigenvalue weighted by molar-refractivity contribution is 5.40. The minimum absolute atomic E-state index is 0.199. The molecule has 0 unspecified atom stereocenters. The molecule has 0 spiro atoms. The number of nitrogens with one attached hydrogen (secondary N) is 2. The lowest BCUT2D eigenvalue weighted by molar-refractivity contribution is 0.297. The van der Waals surface area contributed by atoms with E-state index >= 15 is 0 Å². The summed E-state index contributed by atoms with van der Waals surface area (Å²) in [5, 5.41) is 7.28. The van der Waals surface area contributed by atoms with Crippen LogP contribution in [0.4, 0.5) is 0 Å². The van der Waals surface area contributed by atoms with Crippen LogP contribution in [0.1, 0.15) is 31.2 Å². The van der Waals surface area contributed by atoms with E-state index in [1.807, 2.05) is 0 Å². The summed E-state index contributed by atoms with van der Waals surface area (Å²) in [6.07, 6.45) is 6.89. The molecule has 0 radical (unpaired) electrons. The largest absolute Gasteiger partial charge is 0.342 e. The second-order valence-electron chi connectivity index (χ2n) is 3.90. The maximum Gasteiger partial charge on any atom is 0.244 e. The minimum atomic E-state index is 0.199. The van der Waals surface area contributed by atoms with Crippen LogP contribution in [0.5, 0.6) is 0 Å². The molecule has 0 bridgehead atoms. The molecule has 1 atom stereocenters. The molecule has 3 rings (SSSR count). The summed E-state index contributed by atoms with van der Waals surface area (Å²) in [6.45, 7) is 1.02. The number of piperidine rings is 1. The molecule has 0 amide bonds. The van der Waals surface area contributed by atoms with E-state index in [0.29, 0.717) is 17.5 Å². The Bertz CT molecular complexity index is 443. The molecular formula is C10H13N5O. The second-order valence-corrected chi connectivity index (χ2v) is 3.90. The molecule has 1 fully saturated rings. The zero-order valence-electron chi connectivity index (χ0n) is 8.81. The van der Waals surface area contributed by atoms with Gasteiger partial charge in [0.1, 0.15) is 0 Å². The normalized spacial score (nSPS) is 21.1. The number of nitrogens with zero attached hydrogens (tertiary/aromatic N) is 3. The maximum atomic E-state index is 5.24. The Labute approximate surface area is 92.5 Å². The Hall–Kier alpha value is -1.69. The van der Waals surface area contributed by atoms with Crippen molar-refractivity contribution in [1.29, 1.82) is 0 Å². The minimum Gasteiger partial charge on any atom is -0.342 e. The third kappa shape index (κ3) is 1.71. The van der Waals surface area contributed by atoms with Crippen molar-refractivity contribution in [1.82, 2.24) is 25.4 Å². The van der Waals surface area contributed by atoms with E-state index < -0.39 is 0 Å². The summed E-state index contributed by atoms with van der Waals surface area (Å²) >= 11 is 0. The van der Waals surface area contributed by atoms with E-state index in [4.69, 9.17) is 4.52 Å². The smallest absolute Gasteiger partial charge is 0.244 e. The summed E-state index contributed by atoms with van der Waals surface area (Å²) in [5.74, 6) is 1.82. The summed E-state index contributed by atoms with van der Waals surface area (Å²) in [6, 6.07) is 0.199. The van der Waals surface area contributed by atoms with Crippen molar-refractivity contribution in [3.63, 3.8) is 0 Å². The van der Waals surface area contributed by atoms with Gasteiger partial charge in [-0.15, -0.1) is 0 Å². The fourth-order valence-electron chi connectivity index (χ4n) is 1.92. The van der Waals surface area contributed by atoms with Crippen LogP contribution in [0.25, 0.3) is 11.6 Å². The number of H-pyrrole nitrogens is 1. The second kappa shape index (κ2) is 4.05. The third-order valence-corrected chi connectivity index (χ3v) is 2.76. The number of aromatic amines is 1. The van der Waals surface area contributed by atoms with Crippen LogP contribution in [0.15, 0.2) is 16.9 Å². The van der Waals surface area contributed by atoms with Crippen molar-refractivity contribution in [3.8, 4) is 11.6 Å². The Morgan fingerprint density at radius 2 is 2.38 bits per heavy atom. The lowest BCUT2D eigenvalue weighted by atomic mass is 10.1. The van der Waals surface area contributed by atoms with Crippen LogP contribution < -0.4 is 5.32 Å². The van der Waals surface area contributed by atoms with E-state index in [2.05, 4.69) is 25.4 Å². The Morgan fingerprint density at radius 3 is 3.12 bits per heavy atom. The molecule has 2 aromatic rings. The van der Waals surface area contributed by atoms with E-state index in [0.717, 1.165) is 13.0 Å². The first-order valence-corrected chi connectivity index (χ1v) is 5.50. The number of hydrogen-bond acceptors (Lipinski definition) is 5. The predicted octanol–water partition coefficient (Wildman–Crippen LogP) is 1.27. The average Bonchev–Trinajstić information content (AvgIpc) is 3.01. The van der Waals surface area contributed by atoms with Gasteiger partial charge in [0.15, 0.2) is 5.82 Å². The van der Waals surface area contributed by atoms with Crippen LogP contribution >= 0.6 is 0 Å². The zero-order valence-corrected chi connectivity index (χ0v) is 8.81. The lowest BCUT2D eigenvalue weighted by Crippen LogP contribution is -2.26. The van der Waals surface area contributed by atoms with Gasteiger partial charge in [0.25, 0.3) is 0 Å². The zero-order chi connectivity index (χ0) is 10.8.